The van der Waals surface area contributed by atoms with Crippen molar-refractivity contribution in [2.24, 2.45) is 0 Å². The number of carbonyl (C=O) groups excluding carboxylic acids is 10. The van der Waals surface area contributed by atoms with Gasteiger partial charge in [-0.3, -0.25) is 43.2 Å². The van der Waals surface area contributed by atoms with Gasteiger partial charge in [0.15, 0.2) is 0 Å². The number of likely N-dealkylation sites (N-methyl/N-ethyl adjacent to an activating group) is 1. The summed E-state index contributed by atoms with van der Waals surface area (Å²) in [5.74, 6) is -0.0316. The number of hydrogen-bond acceptors (Lipinski definition) is 15. The van der Waals surface area contributed by atoms with Crippen molar-refractivity contribution in [3.8, 4) is 0 Å². The minimum absolute atomic E-state index is 0.0235. The van der Waals surface area contributed by atoms with Crippen molar-refractivity contribution in [2.75, 3.05) is 91.6 Å². The number of rotatable bonds is 53. The molecule has 3 atom stereocenters. The van der Waals surface area contributed by atoms with Crippen molar-refractivity contribution >= 4 is 71.2 Å². The Balaban J connectivity index is 1.92. The molecule has 2 aliphatic rings. The molecule has 488 valence electrons. The molecule has 2 heterocycles. The Morgan fingerprint density at radius 2 is 0.765 bits per heavy atom. The fourth-order valence-electron chi connectivity index (χ4n) is 10.6. The molecule has 3 N–H and O–H groups in total. The molecular formula is C63H111N7O14S. The van der Waals surface area contributed by atoms with E-state index < -0.39 is 0 Å². The second kappa shape index (κ2) is 48.9. The van der Waals surface area contributed by atoms with Crippen molar-refractivity contribution < 1.29 is 66.9 Å². The van der Waals surface area contributed by atoms with E-state index >= 15 is 0 Å². The molecule has 2 aliphatic heterocycles. The number of hydrogen-bond donors (Lipinski definition) is 3. The summed E-state index contributed by atoms with van der Waals surface area (Å²) in [5, 5.41) is 9.22. The highest BCUT2D eigenvalue weighted by Crippen LogP contribution is 2.33. The van der Waals surface area contributed by atoms with Crippen molar-refractivity contribution in [3.63, 3.8) is 0 Å². The summed E-state index contributed by atoms with van der Waals surface area (Å²) in [7, 11) is 1.64. The molecule has 0 bridgehead atoms. The molecule has 2 fully saturated rings. The largest absolute Gasteiger partial charge is 0.466 e. The predicted molar refractivity (Wildman–Crippen MR) is 330 cm³/mol. The average molecular weight is 1220 g/mol. The second-order valence-electron chi connectivity index (χ2n) is 22.5. The minimum atomic E-state index is -0.226. The lowest BCUT2D eigenvalue weighted by Crippen LogP contribution is -2.38. The van der Waals surface area contributed by atoms with E-state index in [1.807, 2.05) is 26.5 Å². The Bertz CT molecular complexity index is 1810. The van der Waals surface area contributed by atoms with Crippen LogP contribution in [0.1, 0.15) is 233 Å². The van der Waals surface area contributed by atoms with E-state index in [1.54, 1.807) is 34.7 Å². The number of fused-ring (bicyclic) bond motifs is 1. The maximum Gasteiger partial charge on any atom is 0.315 e. The van der Waals surface area contributed by atoms with Crippen LogP contribution in [0.4, 0.5) is 4.79 Å². The van der Waals surface area contributed by atoms with Crippen molar-refractivity contribution in [3.05, 3.63) is 0 Å². The standard InChI is InChI=1S/C63H111N7O14S/c1-6-81-58(76)38-20-13-29-45-69(46-30-14-21-39-59(77)82-7-2)56(74)36-18-11-27-43-68(44-28-12-19-37-57(75)70(47-31-15-22-40-60(78)83-8-3)48-32-16-23-41-61(79)84-9-4)55(73)35-17-10-26-42-64-53(71)49-67(5)54(72)34-25-24-33-52-62-51(50-85-52)65-63(80)66-62/h51-52,62H,6-50H2,1-5H3,(H,64,71)(H2,65,66,80)/t51-,52-,62-/m0/s1. The maximum atomic E-state index is 13.9. The SMILES string of the molecule is CCOC(=O)CCCCCN(CCCCCC(=O)OCC)C(=O)CCCCCN(CCCCCC(=O)N(CCCCCC(=O)OCC)CCCCCC(=O)OCC)C(=O)CCCCCNC(=O)CN(C)C(=O)CCCC[C@@H]1SC[C@@H]2NC(=O)N[C@@H]21. The zero-order valence-corrected chi connectivity index (χ0v) is 53.8. The first-order chi connectivity index (χ1) is 41.1. The molecule has 0 radical (unpaired) electrons. The lowest BCUT2D eigenvalue weighted by atomic mass is 10.0. The van der Waals surface area contributed by atoms with Gasteiger partial charge >= 0.3 is 29.9 Å². The number of nitrogens with zero attached hydrogens (tertiary/aromatic N) is 4. The van der Waals surface area contributed by atoms with Crippen LogP contribution in [0.15, 0.2) is 0 Å². The van der Waals surface area contributed by atoms with Crippen LogP contribution >= 0.6 is 11.8 Å². The fraction of sp³-hybridized carbons (Fsp3) is 0.841. The summed E-state index contributed by atoms with van der Waals surface area (Å²) >= 11 is 1.86. The number of carbonyl (C=O) groups is 10. The highest BCUT2D eigenvalue weighted by Gasteiger charge is 2.42. The predicted octanol–water partition coefficient (Wildman–Crippen LogP) is 8.95. The van der Waals surface area contributed by atoms with Crippen LogP contribution < -0.4 is 16.0 Å². The molecule has 7 amide bonds. The summed E-state index contributed by atoms with van der Waals surface area (Å²) in [5.41, 5.74) is 0. The molecule has 0 unspecified atom stereocenters. The minimum Gasteiger partial charge on any atom is -0.466 e. The molecule has 2 saturated heterocycles. The first-order valence-electron chi connectivity index (χ1n) is 32.8. The summed E-state index contributed by atoms with van der Waals surface area (Å²) in [6.45, 7) is 12.5. The summed E-state index contributed by atoms with van der Waals surface area (Å²) in [6, 6.07) is 0.209. The van der Waals surface area contributed by atoms with Crippen molar-refractivity contribution in [1.82, 2.24) is 35.6 Å². The van der Waals surface area contributed by atoms with Gasteiger partial charge in [0.05, 0.1) is 45.1 Å². The van der Waals surface area contributed by atoms with Gasteiger partial charge in [-0.15, -0.1) is 0 Å². The van der Waals surface area contributed by atoms with Crippen LogP contribution in [0.25, 0.3) is 0 Å². The van der Waals surface area contributed by atoms with Gasteiger partial charge in [0.25, 0.3) is 0 Å². The zero-order valence-electron chi connectivity index (χ0n) is 53.0. The molecule has 21 nitrogen and oxygen atoms in total. The molecule has 85 heavy (non-hydrogen) atoms. The Labute approximate surface area is 513 Å². The van der Waals surface area contributed by atoms with Crippen LogP contribution in [0, 0.1) is 0 Å². The smallest absolute Gasteiger partial charge is 0.315 e. The second-order valence-corrected chi connectivity index (χ2v) is 23.8. The molecule has 0 saturated carbocycles. The average Bonchev–Trinajstić information content (AvgIpc) is 4.25. The van der Waals surface area contributed by atoms with Gasteiger partial charge in [-0.2, -0.15) is 11.8 Å². The summed E-state index contributed by atoms with van der Waals surface area (Å²) in [4.78, 5) is 133. The molecule has 0 aromatic carbocycles. The van der Waals surface area contributed by atoms with E-state index in [0.29, 0.717) is 180 Å². The number of ether oxygens (including phenoxy) is 4. The number of nitrogens with one attached hydrogen (secondary N) is 3. The fourth-order valence-corrected chi connectivity index (χ4v) is 12.2. The van der Waals surface area contributed by atoms with Crippen LogP contribution in [0.2, 0.25) is 0 Å². The third kappa shape index (κ3) is 37.2. The summed E-state index contributed by atoms with van der Waals surface area (Å²) < 4.78 is 20.2. The zero-order chi connectivity index (χ0) is 62.3. The molecule has 0 aromatic heterocycles. The maximum absolute atomic E-state index is 13.9. The van der Waals surface area contributed by atoms with E-state index in [-0.39, 0.29) is 78.1 Å². The first-order valence-corrected chi connectivity index (χ1v) is 33.8. The van der Waals surface area contributed by atoms with Gasteiger partial charge in [-0.25, -0.2) is 4.79 Å². The van der Waals surface area contributed by atoms with Gasteiger partial charge in [0.2, 0.25) is 29.5 Å². The van der Waals surface area contributed by atoms with E-state index in [4.69, 9.17) is 18.9 Å². The van der Waals surface area contributed by atoms with Gasteiger partial charge in [-0.05, 0) is 130 Å². The Morgan fingerprint density at radius 3 is 1.13 bits per heavy atom. The number of urea groups is 1. The van der Waals surface area contributed by atoms with Crippen molar-refractivity contribution in [2.45, 2.75) is 250 Å². The number of amides is 7. The Morgan fingerprint density at radius 1 is 0.435 bits per heavy atom. The molecule has 0 aliphatic carbocycles. The highest BCUT2D eigenvalue weighted by atomic mass is 32.2. The van der Waals surface area contributed by atoms with Crippen LogP contribution in [0.5, 0.6) is 0 Å². The van der Waals surface area contributed by atoms with Crippen LogP contribution in [0.3, 0.4) is 0 Å². The lowest BCUT2D eigenvalue weighted by Gasteiger charge is -2.24. The molecule has 0 spiro atoms. The third-order valence-electron chi connectivity index (χ3n) is 15.4. The van der Waals surface area contributed by atoms with E-state index in [2.05, 4.69) is 16.0 Å². The summed E-state index contributed by atoms with van der Waals surface area (Å²) in [6.07, 6.45) is 20.9. The number of unbranched alkanes of at least 4 members (excludes halogenated alkanes) is 15. The van der Waals surface area contributed by atoms with Crippen LogP contribution in [-0.2, 0) is 62.1 Å². The Hall–Kier alpha value is -5.15. The topological polar surface area (TPSA) is 257 Å². The highest BCUT2D eigenvalue weighted by molar-refractivity contribution is 8.00. The van der Waals surface area contributed by atoms with Gasteiger partial charge in [0, 0.05) is 115 Å². The van der Waals surface area contributed by atoms with E-state index in [1.165, 1.54) is 4.90 Å². The van der Waals surface area contributed by atoms with E-state index in [9.17, 15) is 47.9 Å². The third-order valence-corrected chi connectivity index (χ3v) is 16.9. The molecular weight excluding hydrogens is 1110 g/mol. The normalized spacial score (nSPS) is 15.0. The van der Waals surface area contributed by atoms with Gasteiger partial charge in [0.1, 0.15) is 0 Å². The quantitative estimate of drug-likeness (QED) is 0.0222. The Kier molecular flexibility index (Phi) is 43.7. The lowest BCUT2D eigenvalue weighted by molar-refractivity contribution is -0.144. The first kappa shape index (κ1) is 75.9. The number of thioether (sulfide) groups is 1. The number of esters is 4. The monoisotopic (exact) mass is 1220 g/mol. The van der Waals surface area contributed by atoms with Gasteiger partial charge < -0.3 is 54.5 Å². The molecule has 0 aromatic rings. The molecule has 2 rings (SSSR count). The van der Waals surface area contributed by atoms with E-state index in [0.717, 1.165) is 108 Å². The molecule has 22 heteroatoms. The van der Waals surface area contributed by atoms with Crippen molar-refractivity contribution in [1.29, 1.82) is 0 Å². The van der Waals surface area contributed by atoms with Gasteiger partial charge in [-0.1, -0.05) is 51.4 Å². The van der Waals surface area contributed by atoms with Crippen LogP contribution in [-0.4, -0.2) is 188 Å².